The molecule has 1 fully saturated rings. The Morgan fingerprint density at radius 3 is 2.67 bits per heavy atom. The monoisotopic (exact) mass is 422 g/mol. The Bertz CT molecular complexity index is 1260. The quantitative estimate of drug-likeness (QED) is 0.512. The number of aromatic nitrogens is 4. The van der Waals surface area contributed by atoms with Crippen LogP contribution in [-0.2, 0) is 7.05 Å². The highest BCUT2D eigenvalue weighted by molar-refractivity contribution is 6.35. The number of pyridine rings is 2. The third kappa shape index (κ3) is 3.34. The lowest BCUT2D eigenvalue weighted by Gasteiger charge is -2.37. The maximum absolute atomic E-state index is 10.5. The van der Waals surface area contributed by atoms with Crippen LogP contribution in [0.15, 0.2) is 36.7 Å². The lowest BCUT2D eigenvalue weighted by molar-refractivity contribution is 0.407. The van der Waals surface area contributed by atoms with Crippen molar-refractivity contribution >= 4 is 39.2 Å². The fourth-order valence-electron chi connectivity index (χ4n) is 4.29. The van der Waals surface area contributed by atoms with Gasteiger partial charge in [0, 0.05) is 60.8 Å². The standard InChI is InChI=1S/C22H23ClN6O/c1-12-9-29(10-13(2)25-12)15-5-16-18(23)6-20(26-22(16)24-8-15)17-4-14-11-28(3)27-19(14)7-21(17)30/h4-8,11-13,25,30H,9-10H2,1-3H3/t12-,13+. The summed E-state index contributed by atoms with van der Waals surface area (Å²) in [5, 5.41) is 20.7. The molecule has 0 bridgehead atoms. The summed E-state index contributed by atoms with van der Waals surface area (Å²) in [6.45, 7) is 6.20. The number of fused-ring (bicyclic) bond motifs is 2. The number of aromatic hydroxyl groups is 1. The normalized spacial score (nSPS) is 19.7. The van der Waals surface area contributed by atoms with E-state index < -0.39 is 0 Å². The minimum Gasteiger partial charge on any atom is -0.507 e. The number of nitrogens with zero attached hydrogens (tertiary/aromatic N) is 5. The number of rotatable bonds is 2. The molecule has 0 radical (unpaired) electrons. The smallest absolute Gasteiger partial charge is 0.161 e. The molecule has 0 amide bonds. The minimum absolute atomic E-state index is 0.115. The van der Waals surface area contributed by atoms with Crippen LogP contribution < -0.4 is 10.2 Å². The van der Waals surface area contributed by atoms with Gasteiger partial charge in [0.25, 0.3) is 0 Å². The molecule has 2 N–H and O–H groups in total. The van der Waals surface area contributed by atoms with Crippen molar-refractivity contribution in [3.8, 4) is 17.0 Å². The van der Waals surface area contributed by atoms with Gasteiger partial charge in [0.15, 0.2) is 5.65 Å². The number of halogens is 1. The fourth-order valence-corrected chi connectivity index (χ4v) is 4.54. The highest BCUT2D eigenvalue weighted by atomic mass is 35.5. The van der Waals surface area contributed by atoms with Crippen molar-refractivity contribution in [1.82, 2.24) is 25.1 Å². The summed E-state index contributed by atoms with van der Waals surface area (Å²) in [5.41, 5.74) is 3.52. The van der Waals surface area contributed by atoms with E-state index in [1.165, 1.54) is 0 Å². The highest BCUT2D eigenvalue weighted by Gasteiger charge is 2.22. The van der Waals surface area contributed by atoms with Crippen LogP contribution in [0.5, 0.6) is 5.75 Å². The molecule has 4 aromatic rings. The Balaban J connectivity index is 1.57. The van der Waals surface area contributed by atoms with Crippen LogP contribution >= 0.6 is 11.6 Å². The van der Waals surface area contributed by atoms with Gasteiger partial charge in [-0.15, -0.1) is 0 Å². The van der Waals surface area contributed by atoms with Crippen molar-refractivity contribution in [3.05, 3.63) is 41.7 Å². The van der Waals surface area contributed by atoms with Gasteiger partial charge in [-0.05, 0) is 32.0 Å². The maximum Gasteiger partial charge on any atom is 0.161 e. The van der Waals surface area contributed by atoms with Crippen molar-refractivity contribution in [2.45, 2.75) is 25.9 Å². The van der Waals surface area contributed by atoms with E-state index in [1.54, 1.807) is 16.8 Å². The zero-order valence-corrected chi connectivity index (χ0v) is 17.9. The minimum atomic E-state index is 0.115. The lowest BCUT2D eigenvalue weighted by Crippen LogP contribution is -2.54. The summed E-state index contributed by atoms with van der Waals surface area (Å²) in [4.78, 5) is 11.6. The highest BCUT2D eigenvalue weighted by Crippen LogP contribution is 2.35. The predicted octanol–water partition coefficient (Wildman–Crippen LogP) is 3.73. The van der Waals surface area contributed by atoms with E-state index in [4.69, 9.17) is 11.6 Å². The fraction of sp³-hybridized carbons (Fsp3) is 0.318. The van der Waals surface area contributed by atoms with E-state index in [0.717, 1.165) is 35.1 Å². The predicted molar refractivity (Wildman–Crippen MR) is 120 cm³/mol. The largest absolute Gasteiger partial charge is 0.507 e. The van der Waals surface area contributed by atoms with Crippen LogP contribution in [-0.4, -0.2) is 50.0 Å². The van der Waals surface area contributed by atoms with Crippen molar-refractivity contribution in [2.24, 2.45) is 7.05 Å². The number of piperazine rings is 1. The first-order valence-corrected chi connectivity index (χ1v) is 10.4. The number of phenolic OH excluding ortho intramolecular Hbond substituents is 1. The lowest BCUT2D eigenvalue weighted by atomic mass is 10.1. The number of anilines is 1. The third-order valence-corrected chi connectivity index (χ3v) is 5.85. The maximum atomic E-state index is 10.5. The Hall–Kier alpha value is -2.90. The molecule has 3 aromatic heterocycles. The van der Waals surface area contributed by atoms with Gasteiger partial charge in [-0.3, -0.25) is 4.68 Å². The van der Waals surface area contributed by atoms with Gasteiger partial charge in [-0.2, -0.15) is 5.10 Å². The number of hydrogen-bond donors (Lipinski definition) is 2. The van der Waals surface area contributed by atoms with Crippen molar-refractivity contribution in [3.63, 3.8) is 0 Å². The van der Waals surface area contributed by atoms with E-state index >= 15 is 0 Å². The summed E-state index contributed by atoms with van der Waals surface area (Å²) >= 11 is 6.65. The van der Waals surface area contributed by atoms with Gasteiger partial charge in [-0.25, -0.2) is 9.97 Å². The number of phenols is 1. The Labute approximate surface area is 179 Å². The second-order valence-electron chi connectivity index (χ2n) is 8.16. The van der Waals surface area contributed by atoms with E-state index in [1.807, 2.05) is 25.5 Å². The molecule has 154 valence electrons. The zero-order chi connectivity index (χ0) is 21.0. The summed E-state index contributed by atoms with van der Waals surface area (Å²) in [6, 6.07) is 8.18. The van der Waals surface area contributed by atoms with Crippen molar-refractivity contribution < 1.29 is 5.11 Å². The van der Waals surface area contributed by atoms with Gasteiger partial charge in [0.05, 0.1) is 28.1 Å². The topological polar surface area (TPSA) is 79.1 Å². The van der Waals surface area contributed by atoms with E-state index in [2.05, 4.69) is 45.2 Å². The molecule has 1 saturated heterocycles. The molecule has 0 unspecified atom stereocenters. The molecule has 1 aromatic carbocycles. The molecule has 0 saturated carbocycles. The summed E-state index contributed by atoms with van der Waals surface area (Å²) in [6.07, 6.45) is 3.76. The number of aryl methyl sites for hydroxylation is 1. The van der Waals surface area contributed by atoms with E-state index in [0.29, 0.717) is 34.0 Å². The molecule has 30 heavy (non-hydrogen) atoms. The first-order valence-electron chi connectivity index (χ1n) is 10.0. The van der Waals surface area contributed by atoms with Crippen molar-refractivity contribution in [2.75, 3.05) is 18.0 Å². The van der Waals surface area contributed by atoms with Crippen LogP contribution in [0.1, 0.15) is 13.8 Å². The molecule has 1 aliphatic rings. The molecule has 7 nitrogen and oxygen atoms in total. The van der Waals surface area contributed by atoms with Gasteiger partial charge in [0.2, 0.25) is 0 Å². The summed E-state index contributed by atoms with van der Waals surface area (Å²) in [5.74, 6) is 0.115. The van der Waals surface area contributed by atoms with E-state index in [-0.39, 0.29) is 5.75 Å². The molecule has 0 aliphatic carbocycles. The molecule has 4 heterocycles. The number of benzene rings is 1. The first kappa shape index (κ1) is 19.1. The van der Waals surface area contributed by atoms with Crippen molar-refractivity contribution in [1.29, 1.82) is 0 Å². The Morgan fingerprint density at radius 1 is 1.13 bits per heavy atom. The molecule has 1 aliphatic heterocycles. The van der Waals surface area contributed by atoms with E-state index in [9.17, 15) is 5.11 Å². The molecule has 0 spiro atoms. The third-order valence-electron chi connectivity index (χ3n) is 5.53. The number of nitrogens with one attached hydrogen (secondary N) is 1. The van der Waals surface area contributed by atoms with Crippen LogP contribution in [0.4, 0.5) is 5.69 Å². The molecule has 5 rings (SSSR count). The average molecular weight is 423 g/mol. The summed E-state index contributed by atoms with van der Waals surface area (Å²) < 4.78 is 1.72. The Kier molecular flexibility index (Phi) is 4.52. The molecular formula is C22H23ClN6O. The van der Waals surface area contributed by atoms with Gasteiger partial charge in [0.1, 0.15) is 5.75 Å². The van der Waals surface area contributed by atoms with Crippen LogP contribution in [0, 0.1) is 0 Å². The average Bonchev–Trinajstić information content (AvgIpc) is 3.05. The Morgan fingerprint density at radius 2 is 1.90 bits per heavy atom. The van der Waals surface area contributed by atoms with Crippen LogP contribution in [0.2, 0.25) is 5.02 Å². The SMILES string of the molecule is C[C@@H]1CN(c2cnc3nc(-c4cc5cn(C)nc5cc4O)cc(Cl)c3c2)C[C@H](C)N1. The molecule has 2 atom stereocenters. The van der Waals surface area contributed by atoms with Crippen LogP contribution in [0.25, 0.3) is 33.2 Å². The van der Waals surface area contributed by atoms with Gasteiger partial charge < -0.3 is 15.3 Å². The molecular weight excluding hydrogens is 400 g/mol. The second kappa shape index (κ2) is 7.11. The second-order valence-corrected chi connectivity index (χ2v) is 8.57. The van der Waals surface area contributed by atoms with Gasteiger partial charge >= 0.3 is 0 Å². The van der Waals surface area contributed by atoms with Crippen LogP contribution in [0.3, 0.4) is 0 Å². The zero-order valence-electron chi connectivity index (χ0n) is 17.1. The summed E-state index contributed by atoms with van der Waals surface area (Å²) in [7, 11) is 1.85. The van der Waals surface area contributed by atoms with Gasteiger partial charge in [-0.1, -0.05) is 11.6 Å². The molecule has 8 heteroatoms. The first-order chi connectivity index (χ1) is 14.4. The number of hydrogen-bond acceptors (Lipinski definition) is 6.